The summed E-state index contributed by atoms with van der Waals surface area (Å²) in [6.07, 6.45) is 0. The van der Waals surface area contributed by atoms with Crippen molar-refractivity contribution in [3.63, 3.8) is 0 Å². The maximum absolute atomic E-state index is 13.7. The lowest BCUT2D eigenvalue weighted by Gasteiger charge is -2.30. The smallest absolute Gasteiger partial charge is 0.340 e. The summed E-state index contributed by atoms with van der Waals surface area (Å²) in [7, 11) is 1.29. The molecule has 0 radical (unpaired) electrons. The summed E-state index contributed by atoms with van der Waals surface area (Å²) >= 11 is 0. The zero-order valence-electron chi connectivity index (χ0n) is 17.8. The Morgan fingerprint density at radius 2 is 1.90 bits per heavy atom. The Labute approximate surface area is 180 Å². The Morgan fingerprint density at radius 3 is 2.58 bits per heavy atom. The van der Waals surface area contributed by atoms with Crippen LogP contribution < -0.4 is 16.0 Å². The topological polar surface area (TPSA) is 96.0 Å². The van der Waals surface area contributed by atoms with E-state index in [2.05, 4.69) is 4.90 Å². The van der Waals surface area contributed by atoms with E-state index in [1.807, 2.05) is 43.3 Å². The summed E-state index contributed by atoms with van der Waals surface area (Å²) in [5, 5.41) is 0. The molecule has 164 valence electrons. The van der Waals surface area contributed by atoms with E-state index in [0.717, 1.165) is 30.9 Å². The van der Waals surface area contributed by atoms with Crippen molar-refractivity contribution in [1.82, 2.24) is 9.47 Å². The van der Waals surface area contributed by atoms with Gasteiger partial charge in [0.25, 0.3) is 5.56 Å². The standard InChI is InChI=1S/C23H27N3O5/c1-15-14-17-19(22(27)26(15)9-8-25-10-12-30-13-11-25)18(16-6-4-3-5-7-16)20(21(24)31-17)23(28)29-2/h3-7,14,18H,8-13,24H2,1-2H3/t18-/m1/s1. The van der Waals surface area contributed by atoms with Crippen molar-refractivity contribution in [3.05, 3.63) is 75.0 Å². The van der Waals surface area contributed by atoms with E-state index < -0.39 is 11.9 Å². The lowest BCUT2D eigenvalue weighted by atomic mass is 9.83. The Hall–Kier alpha value is -3.10. The van der Waals surface area contributed by atoms with Crippen LogP contribution in [-0.2, 0) is 20.8 Å². The number of rotatable bonds is 5. The van der Waals surface area contributed by atoms with Crippen molar-refractivity contribution in [2.45, 2.75) is 19.4 Å². The van der Waals surface area contributed by atoms with E-state index >= 15 is 0 Å². The van der Waals surface area contributed by atoms with Crippen molar-refractivity contribution < 1.29 is 19.0 Å². The number of aromatic nitrogens is 1. The first-order valence-electron chi connectivity index (χ1n) is 10.4. The first-order valence-corrected chi connectivity index (χ1v) is 10.4. The van der Waals surface area contributed by atoms with E-state index in [1.54, 1.807) is 4.57 Å². The van der Waals surface area contributed by atoms with E-state index in [9.17, 15) is 9.59 Å². The van der Waals surface area contributed by atoms with Crippen molar-refractivity contribution in [3.8, 4) is 5.75 Å². The third-order valence-electron chi connectivity index (χ3n) is 5.85. The highest BCUT2D eigenvalue weighted by Gasteiger charge is 2.38. The normalized spacial score (nSPS) is 19.0. The van der Waals surface area contributed by atoms with Crippen molar-refractivity contribution in [1.29, 1.82) is 0 Å². The molecule has 1 aromatic carbocycles. The van der Waals surface area contributed by atoms with Crippen molar-refractivity contribution in [2.75, 3.05) is 40.0 Å². The van der Waals surface area contributed by atoms with Gasteiger partial charge in [-0.2, -0.15) is 0 Å². The van der Waals surface area contributed by atoms with E-state index in [-0.39, 0.29) is 17.0 Å². The van der Waals surface area contributed by atoms with Crippen LogP contribution in [0.15, 0.2) is 52.6 Å². The van der Waals surface area contributed by atoms with Gasteiger partial charge < -0.3 is 24.5 Å². The van der Waals surface area contributed by atoms with Crippen LogP contribution in [-0.4, -0.2) is 55.4 Å². The number of carbonyl (C=O) groups is 1. The quantitative estimate of drug-likeness (QED) is 0.723. The Morgan fingerprint density at radius 1 is 1.19 bits per heavy atom. The molecule has 31 heavy (non-hydrogen) atoms. The molecule has 1 atom stereocenters. The minimum atomic E-state index is -0.667. The van der Waals surface area contributed by atoms with Crippen LogP contribution in [0.2, 0.25) is 0 Å². The van der Waals surface area contributed by atoms with Crippen LogP contribution in [0.3, 0.4) is 0 Å². The number of fused-ring (bicyclic) bond motifs is 1. The molecule has 1 aromatic heterocycles. The lowest BCUT2D eigenvalue weighted by Crippen LogP contribution is -2.40. The van der Waals surface area contributed by atoms with Gasteiger partial charge >= 0.3 is 5.97 Å². The number of aryl methyl sites for hydroxylation is 1. The molecule has 1 saturated heterocycles. The largest absolute Gasteiger partial charge is 0.465 e. The SMILES string of the molecule is COC(=O)C1=C(N)Oc2cc(C)n(CCN3CCOCC3)c(=O)c2[C@H]1c1ccccc1. The summed E-state index contributed by atoms with van der Waals surface area (Å²) in [5.74, 6) is -0.945. The van der Waals surface area contributed by atoms with Gasteiger partial charge in [-0.05, 0) is 12.5 Å². The number of benzene rings is 1. The molecular formula is C23H27N3O5. The van der Waals surface area contributed by atoms with E-state index in [0.29, 0.717) is 31.1 Å². The maximum Gasteiger partial charge on any atom is 0.340 e. The molecule has 2 aromatic rings. The molecule has 2 aliphatic heterocycles. The highest BCUT2D eigenvalue weighted by Crippen LogP contribution is 2.41. The summed E-state index contributed by atoms with van der Waals surface area (Å²) in [6, 6.07) is 11.2. The van der Waals surface area contributed by atoms with Gasteiger partial charge in [-0.15, -0.1) is 0 Å². The summed E-state index contributed by atoms with van der Waals surface area (Å²) in [4.78, 5) is 28.6. The minimum absolute atomic E-state index is 0.0435. The number of ether oxygens (including phenoxy) is 3. The molecule has 0 spiro atoms. The van der Waals surface area contributed by atoms with E-state index in [1.165, 1.54) is 7.11 Å². The van der Waals surface area contributed by atoms with E-state index in [4.69, 9.17) is 19.9 Å². The van der Waals surface area contributed by atoms with Gasteiger partial charge in [0.05, 0.1) is 31.8 Å². The van der Waals surface area contributed by atoms with Gasteiger partial charge in [0.2, 0.25) is 5.88 Å². The molecule has 0 aliphatic carbocycles. The second-order valence-corrected chi connectivity index (χ2v) is 7.69. The van der Waals surface area contributed by atoms with Gasteiger partial charge in [0.15, 0.2) is 0 Å². The molecule has 0 saturated carbocycles. The van der Waals surface area contributed by atoms with Gasteiger partial charge in [-0.3, -0.25) is 9.69 Å². The molecule has 0 amide bonds. The number of pyridine rings is 1. The minimum Gasteiger partial charge on any atom is -0.465 e. The Balaban J connectivity index is 1.79. The molecule has 8 heteroatoms. The average molecular weight is 425 g/mol. The lowest BCUT2D eigenvalue weighted by molar-refractivity contribution is -0.136. The van der Waals surface area contributed by atoms with Crippen LogP contribution in [0.5, 0.6) is 5.75 Å². The fraction of sp³-hybridized carbons (Fsp3) is 0.391. The summed E-state index contributed by atoms with van der Waals surface area (Å²) in [6.45, 7) is 6.25. The average Bonchev–Trinajstić information content (AvgIpc) is 2.78. The van der Waals surface area contributed by atoms with Gasteiger partial charge in [-0.1, -0.05) is 30.3 Å². The third-order valence-corrected chi connectivity index (χ3v) is 5.85. The zero-order valence-corrected chi connectivity index (χ0v) is 17.8. The van der Waals surface area contributed by atoms with Crippen molar-refractivity contribution >= 4 is 5.97 Å². The maximum atomic E-state index is 13.7. The molecular weight excluding hydrogens is 398 g/mol. The predicted molar refractivity (Wildman–Crippen MR) is 115 cm³/mol. The Kier molecular flexibility index (Phi) is 6.11. The van der Waals surface area contributed by atoms with Gasteiger partial charge in [-0.25, -0.2) is 4.79 Å². The molecule has 1 fully saturated rings. The molecule has 2 aliphatic rings. The fourth-order valence-corrected chi connectivity index (χ4v) is 4.22. The highest BCUT2D eigenvalue weighted by atomic mass is 16.5. The molecule has 3 heterocycles. The number of morpholine rings is 1. The monoisotopic (exact) mass is 425 g/mol. The first-order chi connectivity index (χ1) is 15.0. The summed E-state index contributed by atoms with van der Waals surface area (Å²) in [5.41, 5.74) is 8.02. The first kappa shape index (κ1) is 21.1. The predicted octanol–water partition coefficient (Wildman–Crippen LogP) is 1.36. The molecule has 2 N–H and O–H groups in total. The van der Waals surface area contributed by atoms with Crippen LogP contribution >= 0.6 is 0 Å². The third kappa shape index (κ3) is 4.08. The fourth-order valence-electron chi connectivity index (χ4n) is 4.22. The van der Waals surface area contributed by atoms with Gasteiger partial charge in [0.1, 0.15) is 11.3 Å². The van der Waals surface area contributed by atoms with Crippen LogP contribution in [0.25, 0.3) is 0 Å². The number of hydrogen-bond acceptors (Lipinski definition) is 7. The molecule has 8 nitrogen and oxygen atoms in total. The highest BCUT2D eigenvalue weighted by molar-refractivity contribution is 5.92. The van der Waals surface area contributed by atoms with Crippen LogP contribution in [0.1, 0.15) is 22.7 Å². The number of methoxy groups -OCH3 is 1. The van der Waals surface area contributed by atoms with Crippen LogP contribution in [0.4, 0.5) is 0 Å². The van der Waals surface area contributed by atoms with Crippen molar-refractivity contribution in [2.24, 2.45) is 5.73 Å². The summed E-state index contributed by atoms with van der Waals surface area (Å²) < 4.78 is 17.9. The molecule has 0 bridgehead atoms. The number of esters is 1. The number of nitrogens with two attached hydrogens (primary N) is 1. The Bertz CT molecular complexity index is 1050. The zero-order chi connectivity index (χ0) is 22.0. The second kappa shape index (κ2) is 8.95. The number of hydrogen-bond donors (Lipinski definition) is 1. The molecule has 0 unspecified atom stereocenters. The number of nitrogens with zero attached hydrogens (tertiary/aromatic N) is 2. The number of carbonyl (C=O) groups excluding carboxylic acids is 1. The molecule has 4 rings (SSSR count). The second-order valence-electron chi connectivity index (χ2n) is 7.69. The van der Waals surface area contributed by atoms with Crippen LogP contribution in [0, 0.1) is 6.92 Å². The van der Waals surface area contributed by atoms with Gasteiger partial charge in [0, 0.05) is 37.9 Å².